The van der Waals surface area contributed by atoms with E-state index in [1.165, 1.54) is 33.9 Å². The maximum absolute atomic E-state index is 12.1. The van der Waals surface area contributed by atoms with Gasteiger partial charge in [0, 0.05) is 5.41 Å². The third-order valence-corrected chi connectivity index (χ3v) is 11.0. The predicted octanol–water partition coefficient (Wildman–Crippen LogP) is 7.69. The van der Waals surface area contributed by atoms with Crippen molar-refractivity contribution in [2.24, 2.45) is 23.2 Å². The van der Waals surface area contributed by atoms with E-state index >= 15 is 0 Å². The Kier molecular flexibility index (Phi) is 8.80. The molecule has 4 bridgehead atoms. The molecule has 4 aliphatic carbocycles. The summed E-state index contributed by atoms with van der Waals surface area (Å²) in [5, 5.41) is 0. The first-order valence-electron chi connectivity index (χ1n) is 13.5. The van der Waals surface area contributed by atoms with Crippen LogP contribution < -0.4 is 0 Å². The first-order valence-corrected chi connectivity index (χ1v) is 16.2. The fraction of sp³-hybridized carbons (Fsp3) is 0.387. The van der Waals surface area contributed by atoms with E-state index in [0.29, 0.717) is 17.8 Å². The van der Waals surface area contributed by atoms with Gasteiger partial charge in [0.25, 0.3) is 0 Å². The van der Waals surface area contributed by atoms with Gasteiger partial charge in [0.1, 0.15) is 6.61 Å². The van der Waals surface area contributed by atoms with E-state index in [1.54, 1.807) is 0 Å². The quantitative estimate of drug-likeness (QED) is 0.161. The van der Waals surface area contributed by atoms with E-state index in [-0.39, 0.29) is 22.9 Å². The lowest BCUT2D eigenvalue weighted by Crippen LogP contribution is -2.48. The Hall–Kier alpha value is -2.91. The van der Waals surface area contributed by atoms with Gasteiger partial charge in [-0.3, -0.25) is 0 Å². The molecule has 3 aromatic carbocycles. The van der Waals surface area contributed by atoms with Gasteiger partial charge in [-0.25, -0.2) is 4.79 Å². The lowest BCUT2D eigenvalue weighted by molar-refractivity contribution is -0.0860. The molecule has 0 amide bonds. The van der Waals surface area contributed by atoms with Gasteiger partial charge in [0.05, 0.1) is 10.9 Å². The summed E-state index contributed by atoms with van der Waals surface area (Å²) in [4.78, 5) is 15.4. The number of halogens is 2. The molecule has 40 heavy (non-hydrogen) atoms. The highest BCUT2D eigenvalue weighted by Crippen LogP contribution is 2.60. The van der Waals surface area contributed by atoms with Gasteiger partial charge in [-0.05, 0) is 92.7 Å². The molecule has 0 heterocycles. The molecule has 0 atom stereocenters. The van der Waals surface area contributed by atoms with E-state index in [2.05, 4.69) is 95.2 Å². The molecule has 7 rings (SSSR count). The zero-order valence-corrected chi connectivity index (χ0v) is 23.7. The number of ether oxygens (including phenoxy) is 1. The Balaban J connectivity index is 0.000000162. The van der Waals surface area contributed by atoms with Gasteiger partial charge in [0.15, 0.2) is 14.7 Å². The fourth-order valence-electron chi connectivity index (χ4n) is 6.91. The van der Waals surface area contributed by atoms with Gasteiger partial charge in [-0.15, -0.1) is 0 Å². The monoisotopic (exact) mass is 587 g/mol. The second kappa shape index (κ2) is 12.3. The number of hydrogen-bond donors (Lipinski definition) is 0. The van der Waals surface area contributed by atoms with Crippen molar-refractivity contribution in [3.63, 3.8) is 0 Å². The van der Waals surface area contributed by atoms with Gasteiger partial charge < -0.3 is 8.92 Å². The molecule has 4 saturated carbocycles. The largest absolute Gasteiger partial charge is 0.524 e. The summed E-state index contributed by atoms with van der Waals surface area (Å²) in [5.74, 6) is -1.79. The highest BCUT2D eigenvalue weighted by Gasteiger charge is 2.51. The second-order valence-corrected chi connectivity index (χ2v) is 14.6. The van der Waals surface area contributed by atoms with Crippen LogP contribution in [0.3, 0.4) is 0 Å². The molecule has 3 aromatic rings. The highest BCUT2D eigenvalue weighted by molar-refractivity contribution is 7.97. The normalized spacial score (nSPS) is 24.9. The minimum atomic E-state index is -5.18. The minimum absolute atomic E-state index is 0.0146. The van der Waals surface area contributed by atoms with Gasteiger partial charge in [0.2, 0.25) is 0 Å². The summed E-state index contributed by atoms with van der Waals surface area (Å²) in [7, 11) is -5.20. The van der Waals surface area contributed by atoms with Crippen molar-refractivity contribution < 1.29 is 30.9 Å². The summed E-state index contributed by atoms with van der Waals surface area (Å²) >= 11 is 0. The average molecular weight is 588 g/mol. The Morgan fingerprint density at radius 2 is 1.12 bits per heavy atom. The van der Waals surface area contributed by atoms with Crippen LogP contribution in [-0.2, 0) is 29.9 Å². The average Bonchev–Trinajstić information content (AvgIpc) is 2.93. The van der Waals surface area contributed by atoms with Crippen molar-refractivity contribution in [3.8, 4) is 0 Å². The van der Waals surface area contributed by atoms with Gasteiger partial charge >= 0.3 is 22.0 Å². The molecule has 5 nitrogen and oxygen atoms in total. The third kappa shape index (κ3) is 6.86. The smallest absolute Gasteiger partial charge is 0.433 e. The maximum Gasteiger partial charge on any atom is 0.524 e. The predicted molar refractivity (Wildman–Crippen MR) is 149 cm³/mol. The van der Waals surface area contributed by atoms with E-state index in [4.69, 9.17) is 4.74 Å². The lowest BCUT2D eigenvalue weighted by atomic mass is 9.50. The SMILES string of the molecule is O=C(OCC12CC3CC(CC(C3)C1)C2)OS(=O)(=O)C(F)F.c1ccc([S+](c2ccccc2)c2ccccc2)cc1. The minimum Gasteiger partial charge on any atom is -0.433 e. The molecule has 0 saturated heterocycles. The van der Waals surface area contributed by atoms with Crippen LogP contribution in [-0.4, -0.2) is 26.9 Å². The van der Waals surface area contributed by atoms with Crippen LogP contribution in [0.25, 0.3) is 0 Å². The molecule has 0 aliphatic heterocycles. The zero-order valence-electron chi connectivity index (χ0n) is 22.0. The Labute approximate surface area is 237 Å². The molecule has 0 radical (unpaired) electrons. The van der Waals surface area contributed by atoms with Crippen LogP contribution in [0.5, 0.6) is 0 Å². The summed E-state index contributed by atoms with van der Waals surface area (Å²) in [6.45, 7) is 0.0636. The Bertz CT molecular complexity index is 1240. The van der Waals surface area contributed by atoms with Crippen molar-refractivity contribution >= 4 is 27.2 Å². The first kappa shape index (κ1) is 28.6. The molecule has 212 valence electrons. The van der Waals surface area contributed by atoms with Crippen LogP contribution in [0.15, 0.2) is 106 Å². The molecular formula is C31H33F2O5S2+. The summed E-state index contributed by atoms with van der Waals surface area (Å²) in [6.07, 6.45) is 5.03. The zero-order chi connectivity index (χ0) is 28.2. The maximum atomic E-state index is 12.1. The van der Waals surface area contributed by atoms with E-state index < -0.39 is 22.0 Å². The lowest BCUT2D eigenvalue weighted by Gasteiger charge is -2.56. The standard InChI is InChI=1S/C18H15S.C13H18F2O5S/c1-4-10-16(11-5-1)19(17-12-6-2-7-13-17)18-14-8-3-9-15-18;14-11(15)21(17,18)20-12(16)19-7-13-4-8-1-9(5-13)3-10(2-8)6-13/h1-15H;8-11H,1-7H2/q+1;. The number of rotatable bonds is 7. The molecule has 0 unspecified atom stereocenters. The van der Waals surface area contributed by atoms with Gasteiger partial charge in [-0.1, -0.05) is 54.6 Å². The molecule has 0 aromatic heterocycles. The molecular weight excluding hydrogens is 554 g/mol. The summed E-state index contributed by atoms with van der Waals surface area (Å²) < 4.78 is 54.4. The van der Waals surface area contributed by atoms with Crippen molar-refractivity contribution in [2.75, 3.05) is 6.61 Å². The van der Waals surface area contributed by atoms with Crippen LogP contribution >= 0.6 is 0 Å². The number of carbonyl (C=O) groups is 1. The molecule has 9 heteroatoms. The first-order chi connectivity index (χ1) is 19.2. The highest BCUT2D eigenvalue weighted by atomic mass is 32.2. The van der Waals surface area contributed by atoms with E-state index in [0.717, 1.165) is 19.3 Å². The van der Waals surface area contributed by atoms with Crippen LogP contribution in [0.2, 0.25) is 0 Å². The van der Waals surface area contributed by atoms with E-state index in [9.17, 15) is 22.0 Å². The number of carbonyl (C=O) groups excluding carboxylic acids is 1. The fourth-order valence-corrected chi connectivity index (χ4v) is 9.33. The van der Waals surface area contributed by atoms with Crippen molar-refractivity contribution in [3.05, 3.63) is 91.0 Å². The number of benzene rings is 3. The van der Waals surface area contributed by atoms with Crippen molar-refractivity contribution in [1.82, 2.24) is 0 Å². The van der Waals surface area contributed by atoms with Crippen LogP contribution in [0, 0.1) is 23.2 Å². The molecule has 0 N–H and O–H groups in total. The summed E-state index contributed by atoms with van der Waals surface area (Å²) in [5.41, 5.74) is -0.109. The topological polar surface area (TPSA) is 69.7 Å². The molecule has 4 fully saturated rings. The van der Waals surface area contributed by atoms with Crippen LogP contribution in [0.1, 0.15) is 38.5 Å². The van der Waals surface area contributed by atoms with Crippen molar-refractivity contribution in [1.29, 1.82) is 0 Å². The second-order valence-electron chi connectivity index (χ2n) is 11.0. The van der Waals surface area contributed by atoms with E-state index in [1.807, 2.05) is 0 Å². The van der Waals surface area contributed by atoms with Crippen LogP contribution in [0.4, 0.5) is 13.6 Å². The summed E-state index contributed by atoms with van der Waals surface area (Å²) in [6, 6.07) is 32.2. The number of alkyl halides is 2. The molecule has 0 spiro atoms. The Morgan fingerprint density at radius 3 is 1.48 bits per heavy atom. The third-order valence-electron chi connectivity index (χ3n) is 8.00. The van der Waals surface area contributed by atoms with Crippen molar-refractivity contribution in [2.45, 2.75) is 59.0 Å². The van der Waals surface area contributed by atoms with Gasteiger partial charge in [-0.2, -0.15) is 17.2 Å². The molecule has 4 aliphatic rings. The number of hydrogen-bond acceptors (Lipinski definition) is 5. The Morgan fingerprint density at radius 1 is 0.750 bits per heavy atom.